The maximum Gasteiger partial charge on any atom is 0.416 e. The van der Waals surface area contributed by atoms with Gasteiger partial charge in [-0.2, -0.15) is 13.2 Å². The lowest BCUT2D eigenvalue weighted by Crippen LogP contribution is -2.49. The molecule has 0 spiro atoms. The Kier molecular flexibility index (Phi) is 7.59. The predicted molar refractivity (Wildman–Crippen MR) is 147 cm³/mol. The second-order valence-corrected chi connectivity index (χ2v) is 12.1. The van der Waals surface area contributed by atoms with Crippen LogP contribution in [-0.4, -0.2) is 52.5 Å². The van der Waals surface area contributed by atoms with E-state index in [1.165, 1.54) is 6.07 Å². The molecule has 1 unspecified atom stereocenters. The number of fused-ring (bicyclic) bond motifs is 1. The van der Waals surface area contributed by atoms with Gasteiger partial charge in [-0.3, -0.25) is 9.69 Å². The third kappa shape index (κ3) is 5.30. The Labute approximate surface area is 233 Å². The van der Waals surface area contributed by atoms with Crippen LogP contribution in [0, 0.1) is 11.3 Å². The van der Waals surface area contributed by atoms with E-state index in [1.807, 2.05) is 6.07 Å². The molecule has 2 aromatic carbocycles. The van der Waals surface area contributed by atoms with Crippen molar-refractivity contribution in [2.24, 2.45) is 11.3 Å². The molecular weight excluding hydrogens is 517 g/mol. The Hall–Kier alpha value is -3.13. The molecule has 40 heavy (non-hydrogen) atoms. The van der Waals surface area contributed by atoms with Gasteiger partial charge in [0, 0.05) is 31.6 Å². The van der Waals surface area contributed by atoms with E-state index in [1.54, 1.807) is 29.2 Å². The Balaban J connectivity index is 1.28. The van der Waals surface area contributed by atoms with E-state index in [9.17, 15) is 27.9 Å². The largest absolute Gasteiger partial charge is 0.478 e. The molecule has 1 N–H and O–H groups in total. The number of likely N-dealkylation sites (tertiary alicyclic amines) is 1. The molecule has 5 nitrogen and oxygen atoms in total. The third-order valence-electron chi connectivity index (χ3n) is 9.54. The lowest BCUT2D eigenvalue weighted by atomic mass is 9.73. The maximum absolute atomic E-state index is 14.1. The monoisotopic (exact) mass is 554 g/mol. The summed E-state index contributed by atoms with van der Waals surface area (Å²) in [5.74, 6) is -0.674. The zero-order valence-corrected chi connectivity index (χ0v) is 23.1. The van der Waals surface area contributed by atoms with Crippen LogP contribution in [0.1, 0.15) is 78.1 Å². The van der Waals surface area contributed by atoms with Gasteiger partial charge in [0.2, 0.25) is 5.91 Å². The molecule has 2 aliphatic heterocycles. The molecule has 2 aromatic rings. The number of halogens is 3. The number of nitrogens with zero attached hydrogens (tertiary/aromatic N) is 2. The molecule has 3 atom stereocenters. The van der Waals surface area contributed by atoms with E-state index in [4.69, 9.17) is 0 Å². The molecule has 1 saturated carbocycles. The smallest absolute Gasteiger partial charge is 0.416 e. The molecule has 3 aliphatic rings. The van der Waals surface area contributed by atoms with Gasteiger partial charge in [0.1, 0.15) is 0 Å². The van der Waals surface area contributed by atoms with E-state index in [0.29, 0.717) is 25.1 Å². The molecule has 5 rings (SSSR count). The molecule has 1 saturated heterocycles. The van der Waals surface area contributed by atoms with Gasteiger partial charge >= 0.3 is 12.1 Å². The summed E-state index contributed by atoms with van der Waals surface area (Å²) in [7, 11) is 0. The average molecular weight is 555 g/mol. The maximum atomic E-state index is 14.1. The minimum absolute atomic E-state index is 0.0623. The molecule has 1 aliphatic carbocycles. The standard InChI is InChI=1S/C32H37F3N2O3/c1-20(2)31(30(40)37-13-10-22-7-8-26(32(33,34)35)16-25(22)19-37)12-9-27(17-31)36-14-11-28(21(3)18-36)23-5-4-6-24(15-23)29(38)39/h4-8,15-16,20,27-28H,3,9-14,17-19H2,1-2H3,(H,38,39)/t27?,28-,31+/m1/s1. The zero-order chi connectivity index (χ0) is 28.8. The van der Waals surface area contributed by atoms with Crippen LogP contribution >= 0.6 is 0 Å². The minimum Gasteiger partial charge on any atom is -0.478 e. The fourth-order valence-corrected chi connectivity index (χ4v) is 7.10. The second kappa shape index (κ2) is 10.7. The van der Waals surface area contributed by atoms with Gasteiger partial charge in [-0.05, 0) is 85.5 Å². The van der Waals surface area contributed by atoms with Gasteiger partial charge in [0.25, 0.3) is 0 Å². The number of carboxylic acids is 1. The number of hydrogen-bond acceptors (Lipinski definition) is 3. The molecule has 1 amide bonds. The summed E-state index contributed by atoms with van der Waals surface area (Å²) >= 11 is 0. The fraction of sp³-hybridized carbons (Fsp3) is 0.500. The van der Waals surface area contributed by atoms with Crippen molar-refractivity contribution >= 4 is 11.9 Å². The summed E-state index contributed by atoms with van der Waals surface area (Å²) in [6.45, 7) is 10.8. The zero-order valence-electron chi connectivity index (χ0n) is 23.1. The first-order valence-electron chi connectivity index (χ1n) is 14.1. The van der Waals surface area contributed by atoms with Crippen molar-refractivity contribution in [3.63, 3.8) is 0 Å². The molecule has 0 bridgehead atoms. The van der Waals surface area contributed by atoms with Crippen molar-refractivity contribution in [1.29, 1.82) is 0 Å². The van der Waals surface area contributed by atoms with Gasteiger partial charge in [0.05, 0.1) is 16.5 Å². The highest BCUT2D eigenvalue weighted by atomic mass is 19.4. The number of carboxylic acid groups (broad SMARTS) is 1. The number of carbonyl (C=O) groups is 2. The normalized spacial score (nSPS) is 25.8. The van der Waals surface area contributed by atoms with Crippen LogP contribution in [0.2, 0.25) is 0 Å². The SMILES string of the molecule is C=C1CN(C2CC[C@@](C(=O)N3CCc4ccc(C(F)(F)F)cc4C3)(C(C)C)C2)CC[C@H]1c1cccc(C(=O)O)c1. The number of rotatable bonds is 5. The van der Waals surface area contributed by atoms with Crippen molar-refractivity contribution in [1.82, 2.24) is 9.80 Å². The Morgan fingerprint density at radius 1 is 1.05 bits per heavy atom. The number of benzene rings is 2. The summed E-state index contributed by atoms with van der Waals surface area (Å²) in [5, 5.41) is 9.38. The first-order chi connectivity index (χ1) is 18.9. The van der Waals surface area contributed by atoms with Crippen LogP contribution in [-0.2, 0) is 23.9 Å². The van der Waals surface area contributed by atoms with Crippen molar-refractivity contribution < 1.29 is 27.9 Å². The van der Waals surface area contributed by atoms with E-state index in [2.05, 4.69) is 25.3 Å². The second-order valence-electron chi connectivity index (χ2n) is 12.1. The Morgan fingerprint density at radius 3 is 2.50 bits per heavy atom. The van der Waals surface area contributed by atoms with Gasteiger partial charge in [0.15, 0.2) is 0 Å². The van der Waals surface area contributed by atoms with Crippen LogP contribution in [0.25, 0.3) is 0 Å². The number of piperidine rings is 1. The first kappa shape index (κ1) is 28.4. The van der Waals surface area contributed by atoms with E-state index >= 15 is 0 Å². The lowest BCUT2D eigenvalue weighted by molar-refractivity contribution is -0.146. The lowest BCUT2D eigenvalue weighted by Gasteiger charge is -2.41. The first-order valence-corrected chi connectivity index (χ1v) is 14.1. The molecular formula is C32H37F3N2O3. The highest BCUT2D eigenvalue weighted by Crippen LogP contribution is 2.49. The molecule has 214 valence electrons. The van der Waals surface area contributed by atoms with Crippen molar-refractivity contribution in [3.8, 4) is 0 Å². The molecule has 8 heteroatoms. The molecule has 2 heterocycles. The number of aromatic carboxylic acids is 1. The van der Waals surface area contributed by atoms with Gasteiger partial charge in [-0.15, -0.1) is 0 Å². The van der Waals surface area contributed by atoms with E-state index in [-0.39, 0.29) is 35.9 Å². The molecule has 0 radical (unpaired) electrons. The summed E-state index contributed by atoms with van der Waals surface area (Å²) in [6.07, 6.45) is -0.636. The highest BCUT2D eigenvalue weighted by molar-refractivity contribution is 5.87. The summed E-state index contributed by atoms with van der Waals surface area (Å²) < 4.78 is 40.0. The minimum atomic E-state index is -4.41. The van der Waals surface area contributed by atoms with Crippen molar-refractivity contribution in [2.45, 2.75) is 70.6 Å². The third-order valence-corrected chi connectivity index (χ3v) is 9.54. The Morgan fingerprint density at radius 2 is 1.82 bits per heavy atom. The quantitative estimate of drug-likeness (QED) is 0.427. The number of hydrogen-bond donors (Lipinski definition) is 1. The average Bonchev–Trinajstić information content (AvgIpc) is 3.38. The molecule has 0 aromatic heterocycles. The Bertz CT molecular complexity index is 1320. The number of carbonyl (C=O) groups excluding carboxylic acids is 1. The topological polar surface area (TPSA) is 60.9 Å². The highest BCUT2D eigenvalue weighted by Gasteiger charge is 2.51. The summed E-state index contributed by atoms with van der Waals surface area (Å²) in [6, 6.07) is 11.2. The van der Waals surface area contributed by atoms with Crippen LogP contribution < -0.4 is 0 Å². The van der Waals surface area contributed by atoms with E-state index in [0.717, 1.165) is 55.0 Å². The summed E-state index contributed by atoms with van der Waals surface area (Å²) in [4.78, 5) is 29.7. The van der Waals surface area contributed by atoms with Gasteiger partial charge in [-0.25, -0.2) is 4.79 Å². The van der Waals surface area contributed by atoms with E-state index < -0.39 is 23.1 Å². The van der Waals surface area contributed by atoms with Crippen LogP contribution in [0.5, 0.6) is 0 Å². The van der Waals surface area contributed by atoms with Crippen LogP contribution in [0.15, 0.2) is 54.6 Å². The van der Waals surface area contributed by atoms with Gasteiger partial charge in [-0.1, -0.05) is 44.2 Å². The number of alkyl halides is 3. The van der Waals surface area contributed by atoms with Gasteiger partial charge < -0.3 is 10.0 Å². The molecule has 2 fully saturated rings. The predicted octanol–water partition coefficient (Wildman–Crippen LogP) is 6.53. The van der Waals surface area contributed by atoms with Crippen LogP contribution in [0.3, 0.4) is 0 Å². The van der Waals surface area contributed by atoms with Crippen LogP contribution in [0.4, 0.5) is 13.2 Å². The fourth-order valence-electron chi connectivity index (χ4n) is 7.10. The summed E-state index contributed by atoms with van der Waals surface area (Å²) in [5.41, 5.74) is 2.56. The van der Waals surface area contributed by atoms with Crippen molar-refractivity contribution in [2.75, 3.05) is 19.6 Å². The van der Waals surface area contributed by atoms with Crippen molar-refractivity contribution in [3.05, 3.63) is 82.4 Å². The number of amides is 1.